The van der Waals surface area contributed by atoms with Gasteiger partial charge in [0.05, 0.1) is 5.41 Å². The van der Waals surface area contributed by atoms with Gasteiger partial charge < -0.3 is 14.9 Å². The smallest absolute Gasteiger partial charge is 0.314 e. The van der Waals surface area contributed by atoms with Gasteiger partial charge in [-0.3, -0.25) is 4.79 Å². The first kappa shape index (κ1) is 22.7. The Morgan fingerprint density at radius 1 is 0.865 bits per heavy atom. The number of carbonyl (C=O) groups is 1. The number of rotatable bonds is 7. The molecule has 6 rings (SSSR count). The average Bonchev–Trinajstić information content (AvgIpc) is 3.69. The number of hydrogen-bond acceptors (Lipinski definition) is 5. The van der Waals surface area contributed by atoms with Crippen molar-refractivity contribution in [2.45, 2.75) is 25.2 Å². The summed E-state index contributed by atoms with van der Waals surface area (Å²) in [5.74, 6) is 0.418. The van der Waals surface area contributed by atoms with Crippen LogP contribution in [-0.2, 0) is 10.2 Å². The maximum Gasteiger partial charge on any atom is 0.314 e. The fourth-order valence-electron chi connectivity index (χ4n) is 4.79. The van der Waals surface area contributed by atoms with Gasteiger partial charge in [-0.1, -0.05) is 78.0 Å². The zero-order valence-corrected chi connectivity index (χ0v) is 20.3. The summed E-state index contributed by atoms with van der Waals surface area (Å²) in [5, 5.41) is 17.6. The molecule has 5 aromatic rings. The molecular weight excluding hydrogens is 462 g/mol. The third kappa shape index (κ3) is 4.16. The van der Waals surface area contributed by atoms with Gasteiger partial charge in [-0.05, 0) is 65.8 Å². The molecule has 3 aromatic carbocycles. The van der Waals surface area contributed by atoms with Crippen LogP contribution in [0.5, 0.6) is 0 Å². The van der Waals surface area contributed by atoms with Crippen molar-refractivity contribution in [3.8, 4) is 33.6 Å². The topological polar surface area (TPSA) is 88.2 Å². The fourth-order valence-corrected chi connectivity index (χ4v) is 4.79. The van der Waals surface area contributed by atoms with E-state index in [0.29, 0.717) is 35.8 Å². The Kier molecular flexibility index (Phi) is 5.57. The van der Waals surface area contributed by atoms with Crippen LogP contribution in [0.3, 0.4) is 0 Å². The molecule has 0 atom stereocenters. The van der Waals surface area contributed by atoms with Crippen LogP contribution in [0.15, 0.2) is 102 Å². The molecule has 6 nitrogen and oxygen atoms in total. The second-order valence-corrected chi connectivity index (χ2v) is 9.41. The summed E-state index contributed by atoms with van der Waals surface area (Å²) in [6, 6.07) is 29.9. The van der Waals surface area contributed by atoms with Crippen LogP contribution in [0.1, 0.15) is 24.1 Å². The number of benzene rings is 3. The van der Waals surface area contributed by atoms with Crippen molar-refractivity contribution in [2.75, 3.05) is 5.32 Å². The number of aliphatic carboxylic acids is 1. The van der Waals surface area contributed by atoms with Gasteiger partial charge >= 0.3 is 5.97 Å². The maximum absolute atomic E-state index is 12.1. The van der Waals surface area contributed by atoms with Crippen LogP contribution in [0.2, 0.25) is 0 Å². The molecule has 2 N–H and O–H groups in total. The van der Waals surface area contributed by atoms with E-state index in [1.54, 1.807) is 6.20 Å². The van der Waals surface area contributed by atoms with E-state index in [1.165, 1.54) is 0 Å². The lowest BCUT2D eigenvalue weighted by Gasteiger charge is -2.16. The number of carboxylic acid groups (broad SMARTS) is 1. The molecule has 1 aliphatic carbocycles. The molecule has 0 spiro atoms. The standard InChI is InChI=1S/C31H25N3O3/c1-20-28(33-27-18-23(14-17-32-27)21-8-4-2-5-9-21)29(37-34-20)26-19-24(31(15-16-31)30(35)36)12-13-25(26)22-10-6-3-7-11-22/h2-14,17-19H,15-16H2,1H3,(H,32,33)(H,35,36). The van der Waals surface area contributed by atoms with E-state index in [2.05, 4.69) is 27.6 Å². The molecule has 182 valence electrons. The highest BCUT2D eigenvalue weighted by atomic mass is 16.5. The van der Waals surface area contributed by atoms with Gasteiger partial charge in [-0.15, -0.1) is 0 Å². The van der Waals surface area contributed by atoms with E-state index in [1.807, 2.05) is 85.8 Å². The van der Waals surface area contributed by atoms with Crippen LogP contribution in [0.25, 0.3) is 33.6 Å². The largest absolute Gasteiger partial charge is 0.481 e. The minimum atomic E-state index is -0.835. The van der Waals surface area contributed by atoms with E-state index in [0.717, 1.165) is 33.4 Å². The van der Waals surface area contributed by atoms with Crippen LogP contribution in [0.4, 0.5) is 11.5 Å². The number of aromatic nitrogens is 2. The second-order valence-electron chi connectivity index (χ2n) is 9.41. The summed E-state index contributed by atoms with van der Waals surface area (Å²) in [5.41, 5.74) is 6.20. The molecule has 6 heteroatoms. The Morgan fingerprint density at radius 2 is 1.57 bits per heavy atom. The third-order valence-corrected chi connectivity index (χ3v) is 7.04. The lowest BCUT2D eigenvalue weighted by Crippen LogP contribution is -2.19. The monoisotopic (exact) mass is 487 g/mol. The molecule has 0 saturated heterocycles. The van der Waals surface area contributed by atoms with Crippen molar-refractivity contribution in [3.63, 3.8) is 0 Å². The van der Waals surface area contributed by atoms with Gasteiger partial charge in [0, 0.05) is 11.8 Å². The summed E-state index contributed by atoms with van der Waals surface area (Å²) < 4.78 is 5.89. The fraction of sp³-hybridized carbons (Fsp3) is 0.129. The van der Waals surface area contributed by atoms with Crippen molar-refractivity contribution < 1.29 is 14.4 Å². The summed E-state index contributed by atoms with van der Waals surface area (Å²) in [6.45, 7) is 1.88. The highest BCUT2D eigenvalue weighted by molar-refractivity contribution is 5.91. The predicted octanol–water partition coefficient (Wildman–Crippen LogP) is 7.24. The number of pyridine rings is 1. The number of anilines is 2. The highest BCUT2D eigenvalue weighted by Gasteiger charge is 2.52. The molecule has 37 heavy (non-hydrogen) atoms. The molecule has 1 saturated carbocycles. The van der Waals surface area contributed by atoms with Crippen molar-refractivity contribution >= 4 is 17.5 Å². The summed E-state index contributed by atoms with van der Waals surface area (Å²) in [4.78, 5) is 16.6. The molecule has 2 aromatic heterocycles. The van der Waals surface area contributed by atoms with E-state index >= 15 is 0 Å². The third-order valence-electron chi connectivity index (χ3n) is 7.04. The molecule has 0 radical (unpaired) electrons. The van der Waals surface area contributed by atoms with Crippen LogP contribution in [-0.4, -0.2) is 21.2 Å². The minimum Gasteiger partial charge on any atom is -0.481 e. The lowest BCUT2D eigenvalue weighted by atomic mass is 9.89. The quantitative estimate of drug-likeness (QED) is 0.252. The zero-order chi connectivity index (χ0) is 25.4. The van der Waals surface area contributed by atoms with Crippen molar-refractivity contribution in [1.29, 1.82) is 0 Å². The molecule has 0 unspecified atom stereocenters. The second kappa shape index (κ2) is 9.06. The first-order valence-corrected chi connectivity index (χ1v) is 12.2. The van der Waals surface area contributed by atoms with Gasteiger partial charge in [0.15, 0.2) is 5.76 Å². The van der Waals surface area contributed by atoms with E-state index in [9.17, 15) is 9.90 Å². The van der Waals surface area contributed by atoms with Crippen molar-refractivity contribution in [2.24, 2.45) is 0 Å². The highest BCUT2D eigenvalue weighted by Crippen LogP contribution is 2.50. The van der Waals surface area contributed by atoms with Crippen LogP contribution < -0.4 is 5.32 Å². The van der Waals surface area contributed by atoms with Crippen LogP contribution in [0, 0.1) is 6.92 Å². The van der Waals surface area contributed by atoms with Gasteiger partial charge in [0.25, 0.3) is 0 Å². The van der Waals surface area contributed by atoms with E-state index < -0.39 is 11.4 Å². The molecule has 0 aliphatic heterocycles. The number of carboxylic acids is 1. The Morgan fingerprint density at radius 3 is 2.24 bits per heavy atom. The molecule has 2 heterocycles. The van der Waals surface area contributed by atoms with Gasteiger partial charge in [-0.25, -0.2) is 4.98 Å². The van der Waals surface area contributed by atoms with Gasteiger partial charge in [0.2, 0.25) is 0 Å². The average molecular weight is 488 g/mol. The molecule has 0 bridgehead atoms. The Bertz CT molecular complexity index is 1590. The Hall–Kier alpha value is -4.71. The molecular formula is C31H25N3O3. The van der Waals surface area contributed by atoms with Gasteiger partial charge in [-0.2, -0.15) is 0 Å². The number of nitrogens with one attached hydrogen (secondary N) is 1. The normalized spacial score (nSPS) is 13.8. The van der Waals surface area contributed by atoms with Crippen molar-refractivity contribution in [1.82, 2.24) is 10.1 Å². The summed E-state index contributed by atoms with van der Waals surface area (Å²) in [7, 11) is 0. The maximum atomic E-state index is 12.1. The first-order chi connectivity index (χ1) is 18.0. The number of nitrogens with zero attached hydrogens (tertiary/aromatic N) is 2. The van der Waals surface area contributed by atoms with E-state index in [-0.39, 0.29) is 0 Å². The predicted molar refractivity (Wildman–Crippen MR) is 144 cm³/mol. The molecule has 1 fully saturated rings. The van der Waals surface area contributed by atoms with E-state index in [4.69, 9.17) is 4.52 Å². The zero-order valence-electron chi connectivity index (χ0n) is 20.3. The Balaban J connectivity index is 1.46. The molecule has 0 amide bonds. The lowest BCUT2D eigenvalue weighted by molar-refractivity contribution is -0.140. The first-order valence-electron chi connectivity index (χ1n) is 12.2. The molecule has 1 aliphatic rings. The SMILES string of the molecule is Cc1noc(-c2cc(C3(C(=O)O)CC3)ccc2-c2ccccc2)c1Nc1cc(-c2ccccc2)ccn1. The summed E-state index contributed by atoms with van der Waals surface area (Å²) in [6.07, 6.45) is 3.03. The minimum absolute atomic E-state index is 0.548. The Labute approximate surface area is 214 Å². The van der Waals surface area contributed by atoms with Gasteiger partial charge in [0.1, 0.15) is 17.2 Å². The summed E-state index contributed by atoms with van der Waals surface area (Å²) >= 11 is 0. The number of aryl methyl sites for hydroxylation is 1. The van der Waals surface area contributed by atoms with Crippen LogP contribution >= 0.6 is 0 Å². The van der Waals surface area contributed by atoms with Crippen molar-refractivity contribution in [3.05, 3.63) is 108 Å². The number of hydrogen-bond donors (Lipinski definition) is 2.